The maximum absolute atomic E-state index is 10.9. The molecule has 3 nitrogen and oxygen atoms in total. The highest BCUT2D eigenvalue weighted by molar-refractivity contribution is 5.92. The number of Topliss-reactive ketones (excluding diaryl/α,β-unsaturated/α-hetero) is 1. The molecule has 0 fully saturated rings. The minimum absolute atomic E-state index is 0.0428. The standard InChI is InChI=1S/C10H10N2O/c1-8(13)10-6-2-4-9(12-10)5-3-7-11/h2,4,6H,3,5H2,1H3. The van der Waals surface area contributed by atoms with E-state index in [4.69, 9.17) is 5.26 Å². The lowest BCUT2D eigenvalue weighted by Gasteiger charge is -1.98. The lowest BCUT2D eigenvalue weighted by atomic mass is 10.2. The van der Waals surface area contributed by atoms with Crippen molar-refractivity contribution in [2.24, 2.45) is 0 Å². The molecule has 1 aromatic heterocycles. The number of nitrogens with zero attached hydrogens (tertiary/aromatic N) is 2. The van der Waals surface area contributed by atoms with Crippen molar-refractivity contribution in [1.82, 2.24) is 4.98 Å². The largest absolute Gasteiger partial charge is 0.293 e. The molecule has 0 aromatic carbocycles. The van der Waals surface area contributed by atoms with Gasteiger partial charge in [-0.2, -0.15) is 5.26 Å². The van der Waals surface area contributed by atoms with E-state index in [0.717, 1.165) is 5.69 Å². The molecule has 0 aliphatic heterocycles. The molecular weight excluding hydrogens is 164 g/mol. The number of hydrogen-bond acceptors (Lipinski definition) is 3. The molecule has 0 amide bonds. The van der Waals surface area contributed by atoms with Crippen molar-refractivity contribution in [1.29, 1.82) is 5.26 Å². The minimum atomic E-state index is -0.0428. The van der Waals surface area contributed by atoms with E-state index in [2.05, 4.69) is 4.98 Å². The molecule has 3 heteroatoms. The Bertz CT molecular complexity index is 352. The van der Waals surface area contributed by atoms with Gasteiger partial charge in [-0.1, -0.05) is 6.07 Å². The smallest absolute Gasteiger partial charge is 0.178 e. The summed E-state index contributed by atoms with van der Waals surface area (Å²) in [6, 6.07) is 7.33. The van der Waals surface area contributed by atoms with Gasteiger partial charge in [0.15, 0.2) is 5.78 Å². The van der Waals surface area contributed by atoms with E-state index in [-0.39, 0.29) is 5.78 Å². The molecule has 0 radical (unpaired) electrons. The number of hydrogen-bond donors (Lipinski definition) is 0. The van der Waals surface area contributed by atoms with E-state index >= 15 is 0 Å². The first kappa shape index (κ1) is 9.40. The third-order valence-corrected chi connectivity index (χ3v) is 1.66. The van der Waals surface area contributed by atoms with Crippen molar-refractivity contribution < 1.29 is 4.79 Å². The second kappa shape index (κ2) is 4.36. The Labute approximate surface area is 77.0 Å². The van der Waals surface area contributed by atoms with Gasteiger partial charge in [0.05, 0.1) is 6.07 Å². The summed E-state index contributed by atoms with van der Waals surface area (Å²) in [5.41, 5.74) is 1.27. The Morgan fingerprint density at radius 1 is 1.62 bits per heavy atom. The lowest BCUT2D eigenvalue weighted by molar-refractivity contribution is 0.101. The first-order valence-electron chi connectivity index (χ1n) is 4.08. The van der Waals surface area contributed by atoms with Gasteiger partial charge in [-0.15, -0.1) is 0 Å². The number of pyridine rings is 1. The van der Waals surface area contributed by atoms with Crippen LogP contribution in [0.25, 0.3) is 0 Å². The fourth-order valence-electron chi connectivity index (χ4n) is 0.999. The van der Waals surface area contributed by atoms with Crippen LogP contribution >= 0.6 is 0 Å². The quantitative estimate of drug-likeness (QED) is 0.656. The maximum atomic E-state index is 10.9. The van der Waals surface area contributed by atoms with Crippen molar-refractivity contribution in [3.8, 4) is 6.07 Å². The number of ketones is 1. The molecule has 0 N–H and O–H groups in total. The zero-order valence-electron chi connectivity index (χ0n) is 7.45. The molecule has 0 aliphatic rings. The SMILES string of the molecule is CC(=O)c1cccc(CCC#N)n1. The normalized spacial score (nSPS) is 9.23. The highest BCUT2D eigenvalue weighted by atomic mass is 16.1. The molecule has 0 saturated carbocycles. The first-order chi connectivity index (χ1) is 6.24. The Morgan fingerprint density at radius 2 is 2.38 bits per heavy atom. The van der Waals surface area contributed by atoms with Gasteiger partial charge in [0.1, 0.15) is 5.69 Å². The summed E-state index contributed by atoms with van der Waals surface area (Å²) < 4.78 is 0. The van der Waals surface area contributed by atoms with Gasteiger partial charge in [-0.25, -0.2) is 4.98 Å². The van der Waals surface area contributed by atoms with Crippen molar-refractivity contribution >= 4 is 5.78 Å². The Balaban J connectivity index is 2.80. The van der Waals surface area contributed by atoms with Crippen LogP contribution in [-0.2, 0) is 6.42 Å². The molecule has 13 heavy (non-hydrogen) atoms. The van der Waals surface area contributed by atoms with Gasteiger partial charge in [0.25, 0.3) is 0 Å². The molecule has 1 heterocycles. The van der Waals surface area contributed by atoms with E-state index < -0.39 is 0 Å². The molecule has 0 unspecified atom stereocenters. The zero-order valence-corrected chi connectivity index (χ0v) is 7.45. The van der Waals surface area contributed by atoms with Gasteiger partial charge < -0.3 is 0 Å². The van der Waals surface area contributed by atoms with Gasteiger partial charge in [0.2, 0.25) is 0 Å². The minimum Gasteiger partial charge on any atom is -0.293 e. The summed E-state index contributed by atoms with van der Waals surface area (Å²) in [7, 11) is 0. The van der Waals surface area contributed by atoms with Crippen molar-refractivity contribution in [3.63, 3.8) is 0 Å². The summed E-state index contributed by atoms with van der Waals surface area (Å²) in [6.07, 6.45) is 1.05. The van der Waals surface area contributed by atoms with Crippen LogP contribution in [-0.4, -0.2) is 10.8 Å². The zero-order chi connectivity index (χ0) is 9.68. The Kier molecular flexibility index (Phi) is 3.15. The van der Waals surface area contributed by atoms with Gasteiger partial charge >= 0.3 is 0 Å². The number of carbonyl (C=O) groups excluding carboxylic acids is 1. The Hall–Kier alpha value is -1.69. The van der Waals surface area contributed by atoms with Crippen LogP contribution in [0.4, 0.5) is 0 Å². The third-order valence-electron chi connectivity index (χ3n) is 1.66. The number of nitriles is 1. The highest BCUT2D eigenvalue weighted by Gasteiger charge is 2.01. The van der Waals surface area contributed by atoms with E-state index in [9.17, 15) is 4.79 Å². The monoisotopic (exact) mass is 174 g/mol. The summed E-state index contributed by atoms with van der Waals surface area (Å²) in [5.74, 6) is -0.0428. The van der Waals surface area contributed by atoms with Gasteiger partial charge in [-0.05, 0) is 12.1 Å². The number of rotatable bonds is 3. The van der Waals surface area contributed by atoms with E-state index in [0.29, 0.717) is 18.5 Å². The number of carbonyl (C=O) groups is 1. The number of aromatic nitrogens is 1. The predicted octanol–water partition coefficient (Wildman–Crippen LogP) is 1.74. The summed E-state index contributed by atoms with van der Waals surface area (Å²) in [4.78, 5) is 15.1. The molecule has 0 bridgehead atoms. The molecule has 66 valence electrons. The molecule has 1 rings (SSSR count). The van der Waals surface area contributed by atoms with Crippen molar-refractivity contribution in [2.45, 2.75) is 19.8 Å². The van der Waals surface area contributed by atoms with E-state index in [1.165, 1.54) is 6.92 Å². The molecule has 0 spiro atoms. The van der Waals surface area contributed by atoms with Crippen LogP contribution in [0.1, 0.15) is 29.5 Å². The molecule has 0 saturated heterocycles. The average Bonchev–Trinajstić information content (AvgIpc) is 2.15. The summed E-state index contributed by atoms with van der Waals surface area (Å²) in [5, 5.41) is 8.36. The second-order valence-corrected chi connectivity index (χ2v) is 2.73. The molecule has 0 atom stereocenters. The summed E-state index contributed by atoms with van der Waals surface area (Å²) >= 11 is 0. The van der Waals surface area contributed by atoms with Crippen molar-refractivity contribution in [3.05, 3.63) is 29.6 Å². The average molecular weight is 174 g/mol. The van der Waals surface area contributed by atoms with Crippen LogP contribution < -0.4 is 0 Å². The summed E-state index contributed by atoms with van der Waals surface area (Å²) in [6.45, 7) is 1.48. The van der Waals surface area contributed by atoms with Gasteiger partial charge in [-0.3, -0.25) is 4.79 Å². The fourth-order valence-corrected chi connectivity index (χ4v) is 0.999. The second-order valence-electron chi connectivity index (χ2n) is 2.73. The van der Waals surface area contributed by atoms with Crippen LogP contribution in [0, 0.1) is 11.3 Å². The van der Waals surface area contributed by atoms with Crippen LogP contribution in [0.5, 0.6) is 0 Å². The van der Waals surface area contributed by atoms with E-state index in [1.54, 1.807) is 12.1 Å². The van der Waals surface area contributed by atoms with Crippen LogP contribution in [0.2, 0.25) is 0 Å². The fraction of sp³-hybridized carbons (Fsp3) is 0.300. The number of aryl methyl sites for hydroxylation is 1. The Morgan fingerprint density at radius 3 is 3.00 bits per heavy atom. The molecule has 1 aromatic rings. The first-order valence-corrected chi connectivity index (χ1v) is 4.08. The molecular formula is C10H10N2O. The topological polar surface area (TPSA) is 53.8 Å². The highest BCUT2D eigenvalue weighted by Crippen LogP contribution is 2.02. The third kappa shape index (κ3) is 2.68. The molecule has 0 aliphatic carbocycles. The van der Waals surface area contributed by atoms with Crippen molar-refractivity contribution in [2.75, 3.05) is 0 Å². The lowest BCUT2D eigenvalue weighted by Crippen LogP contribution is -1.99. The van der Waals surface area contributed by atoms with Crippen LogP contribution in [0.3, 0.4) is 0 Å². The predicted molar refractivity (Wildman–Crippen MR) is 48.2 cm³/mol. The maximum Gasteiger partial charge on any atom is 0.178 e. The van der Waals surface area contributed by atoms with E-state index in [1.807, 2.05) is 12.1 Å². The van der Waals surface area contributed by atoms with Gasteiger partial charge in [0, 0.05) is 25.5 Å². The van der Waals surface area contributed by atoms with Crippen LogP contribution in [0.15, 0.2) is 18.2 Å².